The third-order valence-electron chi connectivity index (χ3n) is 2.75. The largest absolute Gasteiger partial charge is 0.305 e. The molecule has 0 aromatic heterocycles. The summed E-state index contributed by atoms with van der Waals surface area (Å²) >= 11 is 0. The molecular weight excluding hydrogens is 196 g/mol. The van der Waals surface area contributed by atoms with Crippen molar-refractivity contribution in [2.75, 3.05) is 0 Å². The van der Waals surface area contributed by atoms with Crippen molar-refractivity contribution in [1.82, 2.24) is 4.90 Å². The zero-order chi connectivity index (χ0) is 13.0. The Bertz CT molecular complexity index is 172. The summed E-state index contributed by atoms with van der Waals surface area (Å²) in [5.41, 5.74) is 0. The minimum absolute atomic E-state index is 0.400. The summed E-state index contributed by atoms with van der Waals surface area (Å²) in [6.45, 7) is 12.7. The first-order valence-electron chi connectivity index (χ1n) is 6.85. The molecule has 0 fully saturated rings. The zero-order valence-electron chi connectivity index (χ0n) is 12.1. The Balaban J connectivity index is 0. The lowest BCUT2D eigenvalue weighted by atomic mass is 10.1. The fourth-order valence-corrected chi connectivity index (χ4v) is 1.83. The molecule has 96 valence electrons. The van der Waals surface area contributed by atoms with Crippen LogP contribution in [0.25, 0.3) is 0 Å². The van der Waals surface area contributed by atoms with Gasteiger partial charge in [0.05, 0.1) is 0 Å². The van der Waals surface area contributed by atoms with Crippen LogP contribution in [0, 0.1) is 11.5 Å². The highest BCUT2D eigenvalue weighted by Crippen LogP contribution is 2.13. The van der Waals surface area contributed by atoms with Gasteiger partial charge in [-0.05, 0) is 26.7 Å². The molecule has 0 spiro atoms. The Kier molecular flexibility index (Phi) is 13.7. The summed E-state index contributed by atoms with van der Waals surface area (Å²) in [7, 11) is 0. The van der Waals surface area contributed by atoms with Crippen LogP contribution in [0.5, 0.6) is 0 Å². The molecule has 0 N–H and O–H groups in total. The Morgan fingerprint density at radius 1 is 1.00 bits per heavy atom. The van der Waals surface area contributed by atoms with Gasteiger partial charge in [0.2, 0.25) is 0 Å². The van der Waals surface area contributed by atoms with Crippen LogP contribution in [-0.4, -0.2) is 17.0 Å². The smallest absolute Gasteiger partial charge is 0.179 e. The van der Waals surface area contributed by atoms with Gasteiger partial charge >= 0.3 is 0 Å². The first-order chi connectivity index (χ1) is 7.67. The van der Waals surface area contributed by atoms with E-state index >= 15 is 0 Å². The van der Waals surface area contributed by atoms with Crippen LogP contribution in [0.1, 0.15) is 73.6 Å². The molecule has 0 aliphatic heterocycles. The second-order valence-corrected chi connectivity index (χ2v) is 4.14. The number of hydrogen-bond acceptors (Lipinski definition) is 2. The molecule has 2 nitrogen and oxygen atoms in total. The monoisotopic (exact) mass is 226 g/mol. The van der Waals surface area contributed by atoms with Gasteiger partial charge in [0, 0.05) is 12.1 Å². The van der Waals surface area contributed by atoms with E-state index in [0.29, 0.717) is 12.1 Å². The molecule has 0 amide bonds. The standard InChI is InChI=1S/C12H24N2.C2H6/c1-5-7-9-12(4)14(10-13)11(3)8-6-2;1-2/h11-12H,5-9H2,1-4H3;1-2H3. The van der Waals surface area contributed by atoms with Crippen molar-refractivity contribution >= 4 is 0 Å². The van der Waals surface area contributed by atoms with E-state index in [1.54, 1.807) is 0 Å². The van der Waals surface area contributed by atoms with Gasteiger partial charge in [-0.1, -0.05) is 47.0 Å². The summed E-state index contributed by atoms with van der Waals surface area (Å²) in [6, 6.07) is 0.804. The van der Waals surface area contributed by atoms with Crippen molar-refractivity contribution in [3.05, 3.63) is 0 Å². The lowest BCUT2D eigenvalue weighted by molar-refractivity contribution is 0.217. The second-order valence-electron chi connectivity index (χ2n) is 4.14. The summed E-state index contributed by atoms with van der Waals surface area (Å²) in [5.74, 6) is 0. The van der Waals surface area contributed by atoms with Crippen molar-refractivity contribution in [2.24, 2.45) is 0 Å². The Hall–Kier alpha value is -0.710. The third kappa shape index (κ3) is 7.56. The molecule has 0 bridgehead atoms. The van der Waals surface area contributed by atoms with Gasteiger partial charge in [0.25, 0.3) is 0 Å². The highest BCUT2D eigenvalue weighted by Gasteiger charge is 2.16. The fourth-order valence-electron chi connectivity index (χ4n) is 1.83. The van der Waals surface area contributed by atoms with E-state index in [-0.39, 0.29) is 0 Å². The average molecular weight is 226 g/mol. The second kappa shape index (κ2) is 12.4. The van der Waals surface area contributed by atoms with Crippen LogP contribution in [0.15, 0.2) is 0 Å². The third-order valence-corrected chi connectivity index (χ3v) is 2.75. The van der Waals surface area contributed by atoms with E-state index in [1.807, 2.05) is 18.7 Å². The molecule has 0 aromatic carbocycles. The normalized spacial score (nSPS) is 13.1. The lowest BCUT2D eigenvalue weighted by Crippen LogP contribution is -2.36. The van der Waals surface area contributed by atoms with Gasteiger partial charge < -0.3 is 4.90 Å². The van der Waals surface area contributed by atoms with Crippen LogP contribution in [0.2, 0.25) is 0 Å². The molecule has 0 rings (SSSR count). The van der Waals surface area contributed by atoms with Crippen LogP contribution < -0.4 is 0 Å². The Morgan fingerprint density at radius 3 is 1.88 bits per heavy atom. The number of hydrogen-bond donors (Lipinski definition) is 0. The van der Waals surface area contributed by atoms with E-state index in [0.717, 1.165) is 19.3 Å². The summed E-state index contributed by atoms with van der Waals surface area (Å²) < 4.78 is 0. The molecule has 0 heterocycles. The Labute approximate surface area is 103 Å². The summed E-state index contributed by atoms with van der Waals surface area (Å²) in [5, 5.41) is 9.07. The average Bonchev–Trinajstić information content (AvgIpc) is 2.30. The molecule has 0 radical (unpaired) electrons. The number of rotatable bonds is 7. The van der Waals surface area contributed by atoms with E-state index in [9.17, 15) is 0 Å². The summed E-state index contributed by atoms with van der Waals surface area (Å²) in [4.78, 5) is 1.96. The number of nitriles is 1. The molecule has 0 aliphatic rings. The molecule has 0 aliphatic carbocycles. The maximum atomic E-state index is 9.07. The molecular formula is C14H30N2. The molecule has 0 saturated carbocycles. The molecule has 0 aromatic rings. The van der Waals surface area contributed by atoms with Gasteiger partial charge in [-0.2, -0.15) is 5.26 Å². The quantitative estimate of drug-likeness (QED) is 0.470. The zero-order valence-corrected chi connectivity index (χ0v) is 12.1. The fraction of sp³-hybridized carbons (Fsp3) is 0.929. The van der Waals surface area contributed by atoms with Crippen LogP contribution in [-0.2, 0) is 0 Å². The first-order valence-corrected chi connectivity index (χ1v) is 6.85. The summed E-state index contributed by atoms with van der Waals surface area (Å²) in [6.07, 6.45) is 8.17. The van der Waals surface area contributed by atoms with Gasteiger partial charge in [0.15, 0.2) is 6.19 Å². The van der Waals surface area contributed by atoms with Crippen molar-refractivity contribution in [3.63, 3.8) is 0 Å². The molecule has 16 heavy (non-hydrogen) atoms. The van der Waals surface area contributed by atoms with Gasteiger partial charge in [-0.25, -0.2) is 0 Å². The molecule has 0 saturated heterocycles. The first kappa shape index (κ1) is 17.7. The van der Waals surface area contributed by atoms with Crippen LogP contribution in [0.3, 0.4) is 0 Å². The van der Waals surface area contributed by atoms with Crippen molar-refractivity contribution in [3.8, 4) is 6.19 Å². The molecule has 2 heteroatoms. The van der Waals surface area contributed by atoms with Crippen molar-refractivity contribution < 1.29 is 0 Å². The highest BCUT2D eigenvalue weighted by atomic mass is 15.2. The van der Waals surface area contributed by atoms with Gasteiger partial charge in [-0.3, -0.25) is 0 Å². The number of nitrogens with zero attached hydrogens (tertiary/aromatic N) is 2. The predicted molar refractivity (Wildman–Crippen MR) is 72.2 cm³/mol. The van der Waals surface area contributed by atoms with Crippen LogP contribution >= 0.6 is 0 Å². The lowest BCUT2D eigenvalue weighted by Gasteiger charge is -2.29. The van der Waals surface area contributed by atoms with E-state index in [2.05, 4.69) is 33.9 Å². The minimum atomic E-state index is 0.400. The van der Waals surface area contributed by atoms with Gasteiger partial charge in [-0.15, -0.1) is 0 Å². The highest BCUT2D eigenvalue weighted by molar-refractivity contribution is 4.84. The van der Waals surface area contributed by atoms with Gasteiger partial charge in [0.1, 0.15) is 0 Å². The predicted octanol–water partition coefficient (Wildman–Crippen LogP) is 4.56. The topological polar surface area (TPSA) is 27.0 Å². The van der Waals surface area contributed by atoms with E-state index in [4.69, 9.17) is 5.26 Å². The van der Waals surface area contributed by atoms with E-state index < -0.39 is 0 Å². The Morgan fingerprint density at radius 2 is 1.50 bits per heavy atom. The maximum absolute atomic E-state index is 9.07. The molecule has 2 unspecified atom stereocenters. The number of unbranched alkanes of at least 4 members (excludes halogenated alkanes) is 1. The van der Waals surface area contributed by atoms with Crippen molar-refractivity contribution in [1.29, 1.82) is 5.26 Å². The molecule has 2 atom stereocenters. The minimum Gasteiger partial charge on any atom is -0.305 e. The van der Waals surface area contributed by atoms with Crippen LogP contribution in [0.4, 0.5) is 0 Å². The van der Waals surface area contributed by atoms with Crippen molar-refractivity contribution in [2.45, 2.75) is 85.7 Å². The SMILES string of the molecule is CC.CCCCC(C)N(C#N)C(C)CCC. The van der Waals surface area contributed by atoms with E-state index in [1.165, 1.54) is 12.8 Å². The maximum Gasteiger partial charge on any atom is 0.179 e.